The van der Waals surface area contributed by atoms with Crippen LogP contribution in [0.25, 0.3) is 22.5 Å². The smallest absolute Gasteiger partial charge is 0.252 e. The predicted octanol–water partition coefficient (Wildman–Crippen LogP) is 5.20. The number of H-pyrrole nitrogens is 1. The van der Waals surface area contributed by atoms with Gasteiger partial charge in [-0.2, -0.15) is 0 Å². The van der Waals surface area contributed by atoms with Crippen molar-refractivity contribution in [1.82, 2.24) is 15.3 Å². The lowest BCUT2D eigenvalue weighted by atomic mass is 9.92. The van der Waals surface area contributed by atoms with E-state index in [1.165, 1.54) is 19.1 Å². The number of hydrogen-bond acceptors (Lipinski definition) is 3. The monoisotopic (exact) mass is 490 g/mol. The number of aromatic amines is 1. The average Bonchev–Trinajstić information content (AvgIpc) is 3.42. The Morgan fingerprint density at radius 2 is 1.67 bits per heavy atom. The first-order valence-electron chi connectivity index (χ1n) is 11.2. The van der Waals surface area contributed by atoms with Crippen LogP contribution in [0.4, 0.5) is 18.9 Å². The number of aromatic nitrogens is 2. The average molecular weight is 490 g/mol. The molecule has 0 aliphatic carbocycles. The topological polar surface area (TPSA) is 86.9 Å². The molecule has 0 fully saturated rings. The van der Waals surface area contributed by atoms with Crippen molar-refractivity contribution in [1.29, 1.82) is 0 Å². The summed E-state index contributed by atoms with van der Waals surface area (Å²) in [6, 6.07) is 9.99. The van der Waals surface area contributed by atoms with Gasteiger partial charge in [0.1, 0.15) is 29.0 Å². The molecule has 0 unspecified atom stereocenters. The molecule has 6 nitrogen and oxygen atoms in total. The Kier molecular flexibility index (Phi) is 5.83. The molecule has 9 heteroatoms. The van der Waals surface area contributed by atoms with Gasteiger partial charge < -0.3 is 15.6 Å². The van der Waals surface area contributed by atoms with Gasteiger partial charge in [-0.05, 0) is 60.4 Å². The Bertz CT molecular complexity index is 1520. The second kappa shape index (κ2) is 8.99. The second-order valence-electron chi connectivity index (χ2n) is 8.75. The first-order valence-corrected chi connectivity index (χ1v) is 11.2. The largest absolute Gasteiger partial charge is 0.348 e. The maximum atomic E-state index is 15.2. The van der Waals surface area contributed by atoms with Crippen LogP contribution in [-0.2, 0) is 17.8 Å². The zero-order valence-corrected chi connectivity index (χ0v) is 19.4. The number of fused-ring (bicyclic) bond motifs is 1. The van der Waals surface area contributed by atoms with Crippen molar-refractivity contribution in [3.8, 4) is 22.5 Å². The summed E-state index contributed by atoms with van der Waals surface area (Å²) in [4.78, 5) is 32.4. The van der Waals surface area contributed by atoms with Crippen LogP contribution in [0.1, 0.15) is 32.7 Å². The van der Waals surface area contributed by atoms with Crippen LogP contribution >= 0.6 is 0 Å². The highest BCUT2D eigenvalue weighted by Crippen LogP contribution is 2.36. The zero-order valence-electron chi connectivity index (χ0n) is 19.4. The van der Waals surface area contributed by atoms with E-state index in [4.69, 9.17) is 0 Å². The summed E-state index contributed by atoms with van der Waals surface area (Å²) in [5, 5.41) is 5.00. The first-order chi connectivity index (χ1) is 17.2. The Morgan fingerprint density at radius 1 is 0.972 bits per heavy atom. The third-order valence-corrected chi connectivity index (χ3v) is 6.06. The number of hydrogen-bond donors (Lipinski definition) is 3. The van der Waals surface area contributed by atoms with E-state index in [2.05, 4.69) is 20.6 Å². The molecule has 2 amide bonds. The van der Waals surface area contributed by atoms with Crippen molar-refractivity contribution < 1.29 is 22.8 Å². The standard InChI is InChI=1S/C27H21F3N4O2/c1-13-7-21(29)25(22(30)8-13)34-23(35)10-15-3-4-17(20(28)9-15)16-5-6-18(26-31-11-14(2)33-26)24-19(16)12-32-27(24)36/h3-9,11H,10,12H2,1-2H3,(H,31,33)(H,32,36)(H,34,35). The van der Waals surface area contributed by atoms with Crippen LogP contribution in [0.2, 0.25) is 0 Å². The number of rotatable bonds is 5. The molecule has 36 heavy (non-hydrogen) atoms. The van der Waals surface area contributed by atoms with Gasteiger partial charge in [0.05, 0.1) is 12.0 Å². The molecular weight excluding hydrogens is 469 g/mol. The molecule has 182 valence electrons. The van der Waals surface area contributed by atoms with Crippen molar-refractivity contribution in [2.75, 3.05) is 5.32 Å². The van der Waals surface area contributed by atoms with Crippen molar-refractivity contribution in [2.24, 2.45) is 0 Å². The minimum absolute atomic E-state index is 0.244. The van der Waals surface area contributed by atoms with Crippen LogP contribution in [-0.4, -0.2) is 21.8 Å². The molecule has 3 N–H and O–H groups in total. The fraction of sp³-hybridized carbons (Fsp3) is 0.148. The molecule has 0 saturated carbocycles. The molecule has 0 saturated heterocycles. The number of imidazole rings is 1. The summed E-state index contributed by atoms with van der Waals surface area (Å²) in [5.41, 5.74) is 3.56. The molecule has 3 aromatic carbocycles. The van der Waals surface area contributed by atoms with Gasteiger partial charge >= 0.3 is 0 Å². The van der Waals surface area contributed by atoms with E-state index in [9.17, 15) is 18.4 Å². The minimum atomic E-state index is -0.882. The fourth-order valence-electron chi connectivity index (χ4n) is 4.42. The SMILES string of the molecule is Cc1cc(F)c(NC(=O)Cc2ccc(-c3ccc(-c4ncc(C)[nH]4)c4c3CNC4=O)c(F)c2)c(F)c1. The number of anilines is 1. The van der Waals surface area contributed by atoms with Crippen LogP contribution in [0.15, 0.2) is 48.7 Å². The summed E-state index contributed by atoms with van der Waals surface area (Å²) < 4.78 is 43.3. The predicted molar refractivity (Wildman–Crippen MR) is 129 cm³/mol. The molecular formula is C27H21F3N4O2. The number of aryl methyl sites for hydroxylation is 2. The lowest BCUT2D eigenvalue weighted by Gasteiger charge is -2.13. The lowest BCUT2D eigenvalue weighted by molar-refractivity contribution is -0.115. The second-order valence-corrected chi connectivity index (χ2v) is 8.75. The molecule has 4 aromatic rings. The van der Waals surface area contributed by atoms with E-state index in [0.717, 1.165) is 17.8 Å². The van der Waals surface area contributed by atoms with Gasteiger partial charge in [0, 0.05) is 29.6 Å². The van der Waals surface area contributed by atoms with Crippen molar-refractivity contribution in [3.63, 3.8) is 0 Å². The van der Waals surface area contributed by atoms with Crippen LogP contribution < -0.4 is 10.6 Å². The molecule has 0 radical (unpaired) electrons. The number of benzene rings is 3. The highest BCUT2D eigenvalue weighted by molar-refractivity contribution is 6.06. The third-order valence-electron chi connectivity index (χ3n) is 6.06. The van der Waals surface area contributed by atoms with E-state index in [1.807, 2.05) is 6.92 Å². The maximum Gasteiger partial charge on any atom is 0.252 e. The van der Waals surface area contributed by atoms with Crippen LogP contribution in [0, 0.1) is 31.3 Å². The Labute approximate surface area is 204 Å². The van der Waals surface area contributed by atoms with Gasteiger partial charge in [0.15, 0.2) is 0 Å². The number of nitrogens with one attached hydrogen (secondary N) is 3. The lowest BCUT2D eigenvalue weighted by Crippen LogP contribution is -2.16. The van der Waals surface area contributed by atoms with Gasteiger partial charge in [0.25, 0.3) is 5.91 Å². The van der Waals surface area contributed by atoms with E-state index < -0.39 is 29.0 Å². The maximum absolute atomic E-state index is 15.2. The number of carbonyl (C=O) groups is 2. The molecule has 1 aromatic heterocycles. The highest BCUT2D eigenvalue weighted by atomic mass is 19.1. The van der Waals surface area contributed by atoms with Crippen molar-refractivity contribution in [3.05, 3.63) is 94.1 Å². The minimum Gasteiger partial charge on any atom is -0.348 e. The fourth-order valence-corrected chi connectivity index (χ4v) is 4.42. The normalized spacial score (nSPS) is 12.4. The molecule has 0 spiro atoms. The van der Waals surface area contributed by atoms with Crippen LogP contribution in [0.5, 0.6) is 0 Å². The summed E-state index contributed by atoms with van der Waals surface area (Å²) >= 11 is 0. The first kappa shape index (κ1) is 23.3. The zero-order chi connectivity index (χ0) is 25.6. The number of carbonyl (C=O) groups excluding carboxylic acids is 2. The Balaban J connectivity index is 1.42. The molecule has 0 atom stereocenters. The molecule has 2 heterocycles. The van der Waals surface area contributed by atoms with E-state index in [-0.39, 0.29) is 24.4 Å². The van der Waals surface area contributed by atoms with Gasteiger partial charge in [-0.25, -0.2) is 18.2 Å². The number of amides is 2. The van der Waals surface area contributed by atoms with Crippen LogP contribution in [0.3, 0.4) is 0 Å². The summed E-state index contributed by atoms with van der Waals surface area (Å²) in [5.74, 6) is -2.75. The van der Waals surface area contributed by atoms with Gasteiger partial charge in [0.2, 0.25) is 5.91 Å². The molecule has 1 aliphatic heterocycles. The molecule has 0 bridgehead atoms. The molecule has 1 aliphatic rings. The third kappa shape index (κ3) is 4.24. The van der Waals surface area contributed by atoms with Gasteiger partial charge in [-0.3, -0.25) is 9.59 Å². The van der Waals surface area contributed by atoms with Gasteiger partial charge in [-0.1, -0.05) is 18.2 Å². The Morgan fingerprint density at radius 3 is 2.33 bits per heavy atom. The molecule has 5 rings (SSSR count). The van der Waals surface area contributed by atoms with Crippen molar-refractivity contribution in [2.45, 2.75) is 26.8 Å². The van der Waals surface area contributed by atoms with E-state index in [0.29, 0.717) is 39.2 Å². The number of nitrogens with zero attached hydrogens (tertiary/aromatic N) is 1. The Hall–Kier alpha value is -4.40. The quantitative estimate of drug-likeness (QED) is 0.359. The highest BCUT2D eigenvalue weighted by Gasteiger charge is 2.28. The van der Waals surface area contributed by atoms with E-state index in [1.54, 1.807) is 24.4 Å². The summed E-state index contributed by atoms with van der Waals surface area (Å²) in [7, 11) is 0. The summed E-state index contributed by atoms with van der Waals surface area (Å²) in [6.45, 7) is 3.64. The van der Waals surface area contributed by atoms with E-state index >= 15 is 4.39 Å². The van der Waals surface area contributed by atoms with Gasteiger partial charge in [-0.15, -0.1) is 0 Å². The van der Waals surface area contributed by atoms with Crippen molar-refractivity contribution >= 4 is 17.5 Å². The summed E-state index contributed by atoms with van der Waals surface area (Å²) in [6.07, 6.45) is 1.39. The number of halogens is 3.